The highest BCUT2D eigenvalue weighted by Crippen LogP contribution is 2.21. The van der Waals surface area contributed by atoms with Crippen LogP contribution in [0.25, 0.3) is 0 Å². The Kier molecular flexibility index (Phi) is 16.7. The molecule has 6 rings (SSSR count). The molecule has 0 amide bonds. The third kappa shape index (κ3) is 13.5. The molecule has 278 valence electrons. The molecule has 0 aliphatic rings. The first-order valence-corrected chi connectivity index (χ1v) is 19.8. The van der Waals surface area contributed by atoms with Crippen LogP contribution in [0.2, 0.25) is 0 Å². The zero-order valence-electron chi connectivity index (χ0n) is 30.7. The molecular weight excluding hydrogens is 800 g/mol. The van der Waals surface area contributed by atoms with Crippen LogP contribution in [0.5, 0.6) is 0 Å². The van der Waals surface area contributed by atoms with Gasteiger partial charge in [-0.1, -0.05) is 177 Å². The molecule has 5 nitrogen and oxygen atoms in total. The highest BCUT2D eigenvalue weighted by molar-refractivity contribution is 9.10. The van der Waals surface area contributed by atoms with Gasteiger partial charge >= 0.3 is 5.97 Å². The van der Waals surface area contributed by atoms with E-state index in [-0.39, 0.29) is 24.7 Å². The Labute approximate surface area is 337 Å². The first-order valence-electron chi connectivity index (χ1n) is 18.2. The smallest absolute Gasteiger partial charge is 0.323 e. The van der Waals surface area contributed by atoms with Gasteiger partial charge in [0.2, 0.25) is 0 Å². The number of aliphatic hydroxyl groups excluding tert-OH is 1. The van der Waals surface area contributed by atoms with Crippen molar-refractivity contribution < 1.29 is 14.6 Å². The molecule has 6 aromatic carbocycles. The number of hydrogen-bond acceptors (Lipinski definition) is 5. The predicted molar refractivity (Wildman–Crippen MR) is 227 cm³/mol. The fourth-order valence-electron chi connectivity index (χ4n) is 6.49. The molecule has 0 bridgehead atoms. The van der Waals surface area contributed by atoms with E-state index in [9.17, 15) is 9.90 Å². The minimum atomic E-state index is -0.375. The normalized spacial score (nSPS) is 12.1. The number of halogens is 2. The van der Waals surface area contributed by atoms with Crippen molar-refractivity contribution in [3.05, 3.63) is 212 Å². The predicted octanol–water partition coefficient (Wildman–Crippen LogP) is 10.3. The SMILES string of the molecule is COC(=O)[C@@H](Cc1cccc(Br)c1)N(Cc1ccccc1)Cc1ccccc1.OC[C@@H](Cc1cccc(Br)c1)N(Cc1ccccc1)Cc1ccccc1. The summed E-state index contributed by atoms with van der Waals surface area (Å²) in [7, 11) is 1.46. The average molecular weight is 849 g/mol. The number of nitrogens with zero attached hydrogens (tertiary/aromatic N) is 2. The maximum absolute atomic E-state index is 12.7. The van der Waals surface area contributed by atoms with E-state index in [2.05, 4.69) is 133 Å². The van der Waals surface area contributed by atoms with Gasteiger partial charge in [-0.25, -0.2) is 0 Å². The molecular formula is C47H48Br2N2O3. The van der Waals surface area contributed by atoms with Crippen LogP contribution in [-0.2, 0) is 48.6 Å². The van der Waals surface area contributed by atoms with E-state index in [1.165, 1.54) is 34.9 Å². The van der Waals surface area contributed by atoms with Gasteiger partial charge in [0.05, 0.1) is 13.7 Å². The molecule has 0 aliphatic heterocycles. The van der Waals surface area contributed by atoms with Crippen molar-refractivity contribution in [1.29, 1.82) is 0 Å². The Balaban J connectivity index is 0.000000208. The second-order valence-electron chi connectivity index (χ2n) is 13.3. The van der Waals surface area contributed by atoms with E-state index in [1.807, 2.05) is 78.9 Å². The first kappa shape index (κ1) is 40.8. The number of esters is 1. The van der Waals surface area contributed by atoms with Gasteiger partial charge in [0.25, 0.3) is 0 Å². The minimum Gasteiger partial charge on any atom is -0.468 e. The summed E-state index contributed by atoms with van der Waals surface area (Å²) in [5.41, 5.74) is 7.18. The molecule has 0 heterocycles. The maximum atomic E-state index is 12.7. The lowest BCUT2D eigenvalue weighted by atomic mass is 10.0. The van der Waals surface area contributed by atoms with E-state index in [0.29, 0.717) is 19.5 Å². The Hall–Kier alpha value is -4.37. The summed E-state index contributed by atoms with van der Waals surface area (Å²) in [6.07, 6.45) is 1.40. The number of rotatable bonds is 16. The monoisotopic (exact) mass is 846 g/mol. The maximum Gasteiger partial charge on any atom is 0.323 e. The standard InChI is InChI=1S/C24H24BrNO2.C23H24BrNO/c1-28-24(27)23(16-21-13-8-14-22(25)15-21)26(17-19-9-4-2-5-10-19)18-20-11-6-3-7-12-20;24-22-13-7-12-21(14-22)15-23(18-26)25(16-19-8-3-1-4-9-19)17-20-10-5-2-6-11-20/h2-15,23H,16-18H2,1H3;1-14,23,26H,15-18H2/t2*23-/m11/s1. The summed E-state index contributed by atoms with van der Waals surface area (Å²) >= 11 is 7.06. The molecule has 0 aromatic heterocycles. The number of ether oxygens (including phenoxy) is 1. The van der Waals surface area contributed by atoms with Crippen LogP contribution >= 0.6 is 31.9 Å². The van der Waals surface area contributed by atoms with Gasteiger partial charge in [-0.05, 0) is 70.5 Å². The molecule has 0 fully saturated rings. The molecule has 6 aromatic rings. The number of carbonyl (C=O) groups excluding carboxylic acids is 1. The molecule has 0 aliphatic carbocycles. The lowest BCUT2D eigenvalue weighted by Gasteiger charge is -2.31. The van der Waals surface area contributed by atoms with Crippen LogP contribution in [0.1, 0.15) is 33.4 Å². The Bertz CT molecular complexity index is 1880. The number of carbonyl (C=O) groups is 1. The summed E-state index contributed by atoms with van der Waals surface area (Å²) in [6, 6.07) is 57.5. The van der Waals surface area contributed by atoms with Crippen LogP contribution in [0.15, 0.2) is 179 Å². The third-order valence-corrected chi connectivity index (χ3v) is 10.2. The van der Waals surface area contributed by atoms with Crippen molar-refractivity contribution in [1.82, 2.24) is 9.80 Å². The van der Waals surface area contributed by atoms with E-state index in [4.69, 9.17) is 4.74 Å². The van der Waals surface area contributed by atoms with Crippen molar-refractivity contribution in [2.45, 2.75) is 51.1 Å². The molecule has 0 saturated carbocycles. The van der Waals surface area contributed by atoms with Gasteiger partial charge in [-0.15, -0.1) is 0 Å². The summed E-state index contributed by atoms with van der Waals surface area (Å²) < 4.78 is 7.26. The van der Waals surface area contributed by atoms with E-state index < -0.39 is 0 Å². The molecule has 2 atom stereocenters. The quantitative estimate of drug-likeness (QED) is 0.0984. The zero-order valence-corrected chi connectivity index (χ0v) is 33.9. The minimum absolute atomic E-state index is 0.0599. The highest BCUT2D eigenvalue weighted by atomic mass is 79.9. The molecule has 0 radical (unpaired) electrons. The van der Waals surface area contributed by atoms with Crippen molar-refractivity contribution in [3.63, 3.8) is 0 Å². The zero-order chi connectivity index (χ0) is 38.0. The topological polar surface area (TPSA) is 53.0 Å². The fraction of sp³-hybridized carbons (Fsp3) is 0.213. The van der Waals surface area contributed by atoms with Crippen LogP contribution in [0.3, 0.4) is 0 Å². The molecule has 0 saturated heterocycles. The molecule has 0 unspecified atom stereocenters. The van der Waals surface area contributed by atoms with Crippen LogP contribution < -0.4 is 0 Å². The Morgan fingerprint density at radius 3 is 1.22 bits per heavy atom. The van der Waals surface area contributed by atoms with Gasteiger partial charge < -0.3 is 9.84 Å². The van der Waals surface area contributed by atoms with E-state index in [1.54, 1.807) is 0 Å². The first-order chi connectivity index (χ1) is 26.4. The van der Waals surface area contributed by atoms with Gasteiger partial charge in [-0.2, -0.15) is 0 Å². The number of hydrogen-bond donors (Lipinski definition) is 1. The van der Waals surface area contributed by atoms with Crippen molar-refractivity contribution >= 4 is 37.8 Å². The number of aliphatic hydroxyl groups is 1. The van der Waals surface area contributed by atoms with Gasteiger partial charge in [-0.3, -0.25) is 14.6 Å². The van der Waals surface area contributed by atoms with Gasteiger partial charge in [0, 0.05) is 41.2 Å². The highest BCUT2D eigenvalue weighted by Gasteiger charge is 2.28. The second kappa shape index (κ2) is 22.1. The summed E-state index contributed by atoms with van der Waals surface area (Å²) in [6.45, 7) is 3.10. The lowest BCUT2D eigenvalue weighted by molar-refractivity contribution is -0.147. The number of benzene rings is 6. The van der Waals surface area contributed by atoms with Crippen molar-refractivity contribution in [2.75, 3.05) is 13.7 Å². The van der Waals surface area contributed by atoms with Crippen molar-refractivity contribution in [2.24, 2.45) is 0 Å². The van der Waals surface area contributed by atoms with Gasteiger partial charge in [0.15, 0.2) is 0 Å². The van der Waals surface area contributed by atoms with Crippen LogP contribution in [0.4, 0.5) is 0 Å². The lowest BCUT2D eigenvalue weighted by Crippen LogP contribution is -2.42. The van der Waals surface area contributed by atoms with E-state index in [0.717, 1.165) is 34.0 Å². The molecule has 54 heavy (non-hydrogen) atoms. The molecule has 1 N–H and O–H groups in total. The van der Waals surface area contributed by atoms with Crippen molar-refractivity contribution in [3.8, 4) is 0 Å². The Morgan fingerprint density at radius 1 is 0.519 bits per heavy atom. The number of methoxy groups -OCH3 is 1. The fourth-order valence-corrected chi connectivity index (χ4v) is 7.39. The third-order valence-electron chi connectivity index (χ3n) is 9.23. The van der Waals surface area contributed by atoms with Crippen LogP contribution in [0, 0.1) is 0 Å². The van der Waals surface area contributed by atoms with Gasteiger partial charge in [0.1, 0.15) is 6.04 Å². The molecule has 0 spiro atoms. The molecule has 7 heteroatoms. The Morgan fingerprint density at radius 2 is 0.870 bits per heavy atom. The average Bonchev–Trinajstić information content (AvgIpc) is 3.20. The summed E-state index contributed by atoms with van der Waals surface area (Å²) in [4.78, 5) is 17.3. The van der Waals surface area contributed by atoms with Crippen LogP contribution in [-0.4, -0.2) is 46.7 Å². The van der Waals surface area contributed by atoms with E-state index >= 15 is 0 Å². The second-order valence-corrected chi connectivity index (χ2v) is 15.1. The summed E-state index contributed by atoms with van der Waals surface area (Å²) in [5.74, 6) is -0.216. The summed E-state index contributed by atoms with van der Waals surface area (Å²) in [5, 5.41) is 10.1. The largest absolute Gasteiger partial charge is 0.468 e.